The van der Waals surface area contributed by atoms with Crippen molar-refractivity contribution in [2.75, 3.05) is 19.8 Å². The van der Waals surface area contributed by atoms with E-state index in [2.05, 4.69) is 6.58 Å². The van der Waals surface area contributed by atoms with Crippen LogP contribution in [0.2, 0.25) is 0 Å². The van der Waals surface area contributed by atoms with Gasteiger partial charge in [-0.15, -0.1) is 6.58 Å². The molecule has 0 spiro atoms. The van der Waals surface area contributed by atoms with Gasteiger partial charge in [0, 0.05) is 0 Å². The van der Waals surface area contributed by atoms with Crippen LogP contribution >= 0.6 is 0 Å². The fourth-order valence-corrected chi connectivity index (χ4v) is 5.14. The maximum atomic E-state index is 6.41. The summed E-state index contributed by atoms with van der Waals surface area (Å²) in [4.78, 5) is 0. The van der Waals surface area contributed by atoms with E-state index in [1.807, 2.05) is 41.5 Å². The number of hydrogen-bond acceptors (Lipinski definition) is 10. The van der Waals surface area contributed by atoms with Crippen LogP contribution < -0.4 is 0 Å². The molecule has 0 radical (unpaired) electrons. The van der Waals surface area contributed by atoms with E-state index in [4.69, 9.17) is 47.4 Å². The van der Waals surface area contributed by atoms with E-state index in [0.717, 1.165) is 0 Å². The quantitative estimate of drug-likeness (QED) is 0.511. The lowest BCUT2D eigenvalue weighted by atomic mass is 10.1. The van der Waals surface area contributed by atoms with E-state index in [0.29, 0.717) is 13.2 Å². The first-order chi connectivity index (χ1) is 15.5. The van der Waals surface area contributed by atoms with Crippen molar-refractivity contribution in [1.82, 2.24) is 0 Å². The molecule has 0 unspecified atom stereocenters. The summed E-state index contributed by atoms with van der Waals surface area (Å²) in [6.07, 6.45) is -2.07. The second kappa shape index (κ2) is 8.48. The van der Waals surface area contributed by atoms with Gasteiger partial charge in [-0.3, -0.25) is 0 Å². The molecule has 188 valence electrons. The second-order valence-electron chi connectivity index (χ2n) is 10.5. The Kier molecular flexibility index (Phi) is 6.18. The largest absolute Gasteiger partial charge is 0.370 e. The van der Waals surface area contributed by atoms with E-state index >= 15 is 0 Å². The fraction of sp³-hybridized carbons (Fsp3) is 0.913. The molecule has 0 aromatic heterocycles. The molecule has 5 heterocycles. The number of fused-ring (bicyclic) bond motifs is 2. The van der Waals surface area contributed by atoms with Crippen LogP contribution in [0.3, 0.4) is 0 Å². The standard InChI is InChI=1S/C23H36O10/c1-8-9-24-14-12(27-19-17(14)30-22(4,5)32-19)10-25-16-15(13-11-26-21(2,3)29-13)28-20-18(16)31-23(6,7)33-20/h8,12-20H,1,9-11H2,2-7H3/t12-,13-,14+,15-,16+,17-,18-,19-,20-/m1/s1. The fourth-order valence-electron chi connectivity index (χ4n) is 5.14. The Balaban J connectivity index is 1.29. The summed E-state index contributed by atoms with van der Waals surface area (Å²) in [6, 6.07) is 0. The summed E-state index contributed by atoms with van der Waals surface area (Å²) in [7, 11) is 0. The van der Waals surface area contributed by atoms with Crippen LogP contribution in [-0.2, 0) is 47.4 Å². The number of rotatable bonds is 7. The topological polar surface area (TPSA) is 92.3 Å². The van der Waals surface area contributed by atoms with Crippen LogP contribution in [0.4, 0.5) is 0 Å². The van der Waals surface area contributed by atoms with E-state index in [9.17, 15) is 0 Å². The minimum atomic E-state index is -0.766. The third-order valence-electron chi connectivity index (χ3n) is 6.37. The van der Waals surface area contributed by atoms with Crippen molar-refractivity contribution in [1.29, 1.82) is 0 Å². The maximum Gasteiger partial charge on any atom is 0.190 e. The normalized spacial score (nSPS) is 47.0. The number of hydrogen-bond donors (Lipinski definition) is 0. The minimum Gasteiger partial charge on any atom is -0.370 e. The average Bonchev–Trinajstić information content (AvgIpc) is 3.44. The molecule has 5 rings (SSSR count). The summed E-state index contributed by atoms with van der Waals surface area (Å²) in [5.74, 6) is -2.19. The van der Waals surface area contributed by atoms with Gasteiger partial charge >= 0.3 is 0 Å². The Morgan fingerprint density at radius 2 is 1.39 bits per heavy atom. The molecule has 33 heavy (non-hydrogen) atoms. The Bertz CT molecular complexity index is 739. The van der Waals surface area contributed by atoms with Gasteiger partial charge in [-0.2, -0.15) is 0 Å². The molecule has 0 aliphatic carbocycles. The Hall–Kier alpha value is -0.660. The van der Waals surface area contributed by atoms with Gasteiger partial charge in [0.1, 0.15) is 42.7 Å². The van der Waals surface area contributed by atoms with E-state index in [-0.39, 0.29) is 24.9 Å². The summed E-state index contributed by atoms with van der Waals surface area (Å²) in [6.45, 7) is 15.9. The van der Waals surface area contributed by atoms with E-state index < -0.39 is 54.4 Å². The lowest BCUT2D eigenvalue weighted by Gasteiger charge is -2.31. The van der Waals surface area contributed by atoms with Gasteiger partial charge in [0.2, 0.25) is 0 Å². The van der Waals surface area contributed by atoms with Crippen molar-refractivity contribution in [3.8, 4) is 0 Å². The van der Waals surface area contributed by atoms with Gasteiger partial charge in [-0.05, 0) is 41.5 Å². The first kappa shape index (κ1) is 24.1. The van der Waals surface area contributed by atoms with Crippen molar-refractivity contribution >= 4 is 0 Å². The molecular weight excluding hydrogens is 436 g/mol. The van der Waals surface area contributed by atoms with Crippen molar-refractivity contribution in [2.45, 2.75) is 114 Å². The van der Waals surface area contributed by atoms with Crippen LogP contribution in [-0.4, -0.2) is 92.5 Å². The maximum absolute atomic E-state index is 6.41. The van der Waals surface area contributed by atoms with Crippen LogP contribution in [0.25, 0.3) is 0 Å². The van der Waals surface area contributed by atoms with Gasteiger partial charge in [0.05, 0.1) is 19.8 Å². The summed E-state index contributed by atoms with van der Waals surface area (Å²) in [5.41, 5.74) is 0. The lowest BCUT2D eigenvalue weighted by Crippen LogP contribution is -2.46. The Labute approximate surface area is 194 Å². The molecule has 0 N–H and O–H groups in total. The zero-order valence-corrected chi connectivity index (χ0v) is 20.2. The third-order valence-corrected chi connectivity index (χ3v) is 6.37. The molecule has 0 bridgehead atoms. The molecule has 0 aromatic carbocycles. The Morgan fingerprint density at radius 1 is 0.758 bits per heavy atom. The van der Waals surface area contributed by atoms with Crippen LogP contribution in [0.1, 0.15) is 41.5 Å². The zero-order valence-electron chi connectivity index (χ0n) is 20.2. The van der Waals surface area contributed by atoms with E-state index in [1.54, 1.807) is 6.08 Å². The predicted octanol–water partition coefficient (Wildman–Crippen LogP) is 1.85. The molecule has 5 saturated heterocycles. The molecule has 5 fully saturated rings. The molecular formula is C23H36O10. The summed E-state index contributed by atoms with van der Waals surface area (Å²) >= 11 is 0. The van der Waals surface area contributed by atoms with Crippen LogP contribution in [0.15, 0.2) is 12.7 Å². The first-order valence-electron chi connectivity index (χ1n) is 11.6. The average molecular weight is 473 g/mol. The summed E-state index contributed by atoms with van der Waals surface area (Å²) in [5, 5.41) is 0. The van der Waals surface area contributed by atoms with Gasteiger partial charge in [-0.25, -0.2) is 0 Å². The molecule has 0 saturated carbocycles. The van der Waals surface area contributed by atoms with Crippen molar-refractivity contribution < 1.29 is 47.4 Å². The summed E-state index contributed by atoms with van der Waals surface area (Å²) < 4.78 is 60.6. The van der Waals surface area contributed by atoms with Gasteiger partial charge in [0.25, 0.3) is 0 Å². The molecule has 10 heteroatoms. The molecule has 0 aromatic rings. The molecule has 5 aliphatic rings. The van der Waals surface area contributed by atoms with Gasteiger partial charge in [-0.1, -0.05) is 6.08 Å². The lowest BCUT2D eigenvalue weighted by molar-refractivity contribution is -0.244. The molecule has 10 nitrogen and oxygen atoms in total. The molecule has 0 amide bonds. The van der Waals surface area contributed by atoms with Gasteiger partial charge < -0.3 is 47.4 Å². The van der Waals surface area contributed by atoms with Crippen LogP contribution in [0, 0.1) is 0 Å². The second-order valence-corrected chi connectivity index (χ2v) is 10.5. The highest BCUT2D eigenvalue weighted by molar-refractivity contribution is 5.00. The van der Waals surface area contributed by atoms with E-state index in [1.165, 1.54) is 0 Å². The van der Waals surface area contributed by atoms with Crippen LogP contribution in [0.5, 0.6) is 0 Å². The van der Waals surface area contributed by atoms with Crippen molar-refractivity contribution in [2.24, 2.45) is 0 Å². The number of ether oxygens (including phenoxy) is 10. The van der Waals surface area contributed by atoms with Crippen molar-refractivity contribution in [3.05, 3.63) is 12.7 Å². The third kappa shape index (κ3) is 4.75. The highest BCUT2D eigenvalue weighted by Crippen LogP contribution is 2.43. The Morgan fingerprint density at radius 3 is 2.00 bits per heavy atom. The monoisotopic (exact) mass is 472 g/mol. The van der Waals surface area contributed by atoms with Gasteiger partial charge in [0.15, 0.2) is 29.9 Å². The molecule has 5 aliphatic heterocycles. The SMILES string of the molecule is C=CCO[C@@H]1[C@H]2OC(C)(C)O[C@H]2O[C@@H]1CO[C@@H]1[C@H]2OC(C)(C)O[C@H]2O[C@@H]1[C@H]1COC(C)(C)O1. The highest BCUT2D eigenvalue weighted by Gasteiger charge is 2.60. The first-order valence-corrected chi connectivity index (χ1v) is 11.6. The predicted molar refractivity (Wildman–Crippen MR) is 112 cm³/mol. The highest BCUT2D eigenvalue weighted by atomic mass is 16.9. The molecule has 9 atom stereocenters. The zero-order chi connectivity index (χ0) is 23.6. The smallest absolute Gasteiger partial charge is 0.190 e. The minimum absolute atomic E-state index is 0.233. The van der Waals surface area contributed by atoms with Crippen molar-refractivity contribution in [3.63, 3.8) is 0 Å².